The third-order valence-corrected chi connectivity index (χ3v) is 4.88. The maximum Gasteiger partial charge on any atom is 0.170 e. The summed E-state index contributed by atoms with van der Waals surface area (Å²) in [5, 5.41) is 11.9. The van der Waals surface area contributed by atoms with Crippen LogP contribution in [0.25, 0.3) is 0 Å². The summed E-state index contributed by atoms with van der Waals surface area (Å²) >= 11 is 2.00. The number of amidine groups is 1. The van der Waals surface area contributed by atoms with E-state index in [4.69, 9.17) is 10.9 Å². The number of rotatable bonds is 2. The third-order valence-electron chi connectivity index (χ3n) is 3.51. The second-order valence-electron chi connectivity index (χ2n) is 5.69. The van der Waals surface area contributed by atoms with Crippen LogP contribution >= 0.6 is 11.8 Å². The summed E-state index contributed by atoms with van der Waals surface area (Å²) in [4.78, 5) is 6.87. The van der Waals surface area contributed by atoms with Gasteiger partial charge < -0.3 is 15.8 Å². The molecule has 5 nitrogen and oxygen atoms in total. The molecule has 1 aliphatic heterocycles. The van der Waals surface area contributed by atoms with E-state index in [1.165, 1.54) is 0 Å². The van der Waals surface area contributed by atoms with Crippen molar-refractivity contribution in [2.24, 2.45) is 10.9 Å². The molecule has 0 aliphatic carbocycles. The number of hydrogen-bond donors (Lipinski definition) is 2. The first-order valence-electron chi connectivity index (χ1n) is 6.77. The van der Waals surface area contributed by atoms with Gasteiger partial charge in [0.25, 0.3) is 0 Å². The Labute approximate surface area is 124 Å². The van der Waals surface area contributed by atoms with E-state index in [-0.39, 0.29) is 5.84 Å². The maximum atomic E-state index is 8.82. The Balaban J connectivity index is 2.26. The lowest BCUT2D eigenvalue weighted by atomic mass is 10.1. The number of nitrogens with two attached hydrogens (primary N) is 1. The fourth-order valence-corrected chi connectivity index (χ4v) is 3.37. The number of hydrogen-bond acceptors (Lipinski definition) is 5. The summed E-state index contributed by atoms with van der Waals surface area (Å²) in [6, 6.07) is 3.72. The van der Waals surface area contributed by atoms with Gasteiger partial charge in [-0.3, -0.25) is 0 Å². The molecule has 0 aromatic carbocycles. The van der Waals surface area contributed by atoms with E-state index in [1.807, 2.05) is 30.8 Å². The van der Waals surface area contributed by atoms with Crippen LogP contribution in [0.1, 0.15) is 31.5 Å². The van der Waals surface area contributed by atoms with E-state index in [2.05, 4.69) is 28.9 Å². The van der Waals surface area contributed by atoms with Crippen molar-refractivity contribution in [2.75, 3.05) is 23.7 Å². The second kappa shape index (κ2) is 5.91. The predicted molar refractivity (Wildman–Crippen MR) is 84.9 cm³/mol. The summed E-state index contributed by atoms with van der Waals surface area (Å²) in [6.45, 7) is 8.44. The van der Waals surface area contributed by atoms with Gasteiger partial charge in [-0.2, -0.15) is 11.8 Å². The van der Waals surface area contributed by atoms with Crippen molar-refractivity contribution < 1.29 is 5.21 Å². The number of pyridine rings is 1. The zero-order valence-electron chi connectivity index (χ0n) is 12.3. The Kier molecular flexibility index (Phi) is 4.42. The van der Waals surface area contributed by atoms with Gasteiger partial charge in [0, 0.05) is 34.8 Å². The standard InChI is InChI=1S/C14H22N4OS/c1-10-8-11(13(15)17-19)9-12(16-10)18-5-4-14(2,3)20-7-6-18/h8-9,19H,4-7H2,1-3H3,(H2,15,17). The van der Waals surface area contributed by atoms with Gasteiger partial charge in [-0.25, -0.2) is 4.98 Å². The van der Waals surface area contributed by atoms with Gasteiger partial charge >= 0.3 is 0 Å². The molecule has 6 heteroatoms. The number of anilines is 1. The van der Waals surface area contributed by atoms with E-state index in [9.17, 15) is 0 Å². The van der Waals surface area contributed by atoms with E-state index in [1.54, 1.807) is 0 Å². The molecule has 2 heterocycles. The lowest BCUT2D eigenvalue weighted by Crippen LogP contribution is -2.28. The van der Waals surface area contributed by atoms with Crippen molar-refractivity contribution in [3.63, 3.8) is 0 Å². The van der Waals surface area contributed by atoms with Gasteiger partial charge in [0.1, 0.15) is 5.82 Å². The highest BCUT2D eigenvalue weighted by atomic mass is 32.2. The third kappa shape index (κ3) is 3.56. The average Bonchev–Trinajstić information content (AvgIpc) is 2.58. The van der Waals surface area contributed by atoms with Gasteiger partial charge in [-0.1, -0.05) is 19.0 Å². The Morgan fingerprint density at radius 3 is 2.90 bits per heavy atom. The Morgan fingerprint density at radius 1 is 1.45 bits per heavy atom. The number of thioether (sulfide) groups is 1. The molecule has 0 atom stereocenters. The molecule has 0 spiro atoms. The molecule has 0 bridgehead atoms. The summed E-state index contributed by atoms with van der Waals surface area (Å²) in [5.74, 6) is 2.12. The SMILES string of the molecule is Cc1cc(/C(N)=N/O)cc(N2CCSC(C)(C)CC2)n1. The van der Waals surface area contributed by atoms with E-state index >= 15 is 0 Å². The summed E-state index contributed by atoms with van der Waals surface area (Å²) in [6.07, 6.45) is 1.12. The van der Waals surface area contributed by atoms with Crippen LogP contribution in [0.15, 0.2) is 17.3 Å². The first-order chi connectivity index (χ1) is 9.41. The Morgan fingerprint density at radius 2 is 2.20 bits per heavy atom. The van der Waals surface area contributed by atoms with Crippen molar-refractivity contribution in [1.82, 2.24) is 4.98 Å². The fraction of sp³-hybridized carbons (Fsp3) is 0.571. The molecule has 2 rings (SSSR count). The molecular weight excluding hydrogens is 272 g/mol. The van der Waals surface area contributed by atoms with Gasteiger partial charge in [0.2, 0.25) is 0 Å². The Bertz CT molecular complexity index is 516. The summed E-state index contributed by atoms with van der Waals surface area (Å²) in [7, 11) is 0. The van der Waals surface area contributed by atoms with Crippen molar-refractivity contribution in [3.8, 4) is 0 Å². The molecule has 0 saturated carbocycles. The highest BCUT2D eigenvalue weighted by Crippen LogP contribution is 2.32. The number of oxime groups is 1. The van der Waals surface area contributed by atoms with Crippen LogP contribution in [0.4, 0.5) is 5.82 Å². The molecule has 1 aromatic heterocycles. The quantitative estimate of drug-likeness (QED) is 0.378. The van der Waals surface area contributed by atoms with Gasteiger partial charge in [-0.15, -0.1) is 0 Å². The highest BCUT2D eigenvalue weighted by molar-refractivity contribution is 8.00. The zero-order chi connectivity index (χ0) is 14.8. The van der Waals surface area contributed by atoms with Crippen molar-refractivity contribution in [2.45, 2.75) is 31.9 Å². The highest BCUT2D eigenvalue weighted by Gasteiger charge is 2.24. The summed E-state index contributed by atoms with van der Waals surface area (Å²) < 4.78 is 0.312. The second-order valence-corrected chi connectivity index (χ2v) is 7.49. The van der Waals surface area contributed by atoms with Crippen LogP contribution in [0.5, 0.6) is 0 Å². The smallest absolute Gasteiger partial charge is 0.170 e. The molecule has 1 aromatic rings. The largest absolute Gasteiger partial charge is 0.409 e. The topological polar surface area (TPSA) is 74.7 Å². The Hall–Kier alpha value is -1.43. The molecule has 0 radical (unpaired) electrons. The first-order valence-corrected chi connectivity index (χ1v) is 7.75. The molecule has 1 fully saturated rings. The summed E-state index contributed by atoms with van der Waals surface area (Å²) in [5.41, 5.74) is 7.27. The molecule has 0 unspecified atom stereocenters. The first kappa shape index (κ1) is 15.0. The van der Waals surface area contributed by atoms with Gasteiger partial charge in [-0.05, 0) is 25.5 Å². The molecule has 1 aliphatic rings. The number of nitrogens with zero attached hydrogens (tertiary/aromatic N) is 3. The van der Waals surface area contributed by atoms with Gasteiger partial charge in [0.15, 0.2) is 5.84 Å². The van der Waals surface area contributed by atoms with Crippen LogP contribution in [0, 0.1) is 6.92 Å². The van der Waals surface area contributed by atoms with E-state index in [0.717, 1.165) is 36.8 Å². The molecular formula is C14H22N4OS. The minimum absolute atomic E-state index is 0.126. The van der Waals surface area contributed by atoms with Gasteiger partial charge in [0.05, 0.1) is 0 Å². The minimum Gasteiger partial charge on any atom is -0.409 e. The van der Waals surface area contributed by atoms with Crippen LogP contribution in [0.2, 0.25) is 0 Å². The number of aryl methyl sites for hydroxylation is 1. The molecule has 3 N–H and O–H groups in total. The molecule has 110 valence electrons. The maximum absolute atomic E-state index is 8.82. The van der Waals surface area contributed by atoms with Crippen LogP contribution in [-0.4, -0.2) is 39.6 Å². The lowest BCUT2D eigenvalue weighted by Gasteiger charge is -2.24. The number of aromatic nitrogens is 1. The molecule has 20 heavy (non-hydrogen) atoms. The minimum atomic E-state index is 0.126. The normalized spacial score (nSPS) is 19.8. The van der Waals surface area contributed by atoms with Crippen molar-refractivity contribution in [3.05, 3.63) is 23.4 Å². The van der Waals surface area contributed by atoms with E-state index < -0.39 is 0 Å². The lowest BCUT2D eigenvalue weighted by molar-refractivity contribution is 0.318. The zero-order valence-corrected chi connectivity index (χ0v) is 13.1. The molecule has 0 amide bonds. The predicted octanol–water partition coefficient (Wildman–Crippen LogP) is 2.21. The molecule has 1 saturated heterocycles. The van der Waals surface area contributed by atoms with Crippen LogP contribution in [-0.2, 0) is 0 Å². The average molecular weight is 294 g/mol. The van der Waals surface area contributed by atoms with Crippen molar-refractivity contribution >= 4 is 23.4 Å². The monoisotopic (exact) mass is 294 g/mol. The van der Waals surface area contributed by atoms with E-state index in [0.29, 0.717) is 10.3 Å². The fourth-order valence-electron chi connectivity index (χ4n) is 2.27. The van der Waals surface area contributed by atoms with Crippen molar-refractivity contribution in [1.29, 1.82) is 0 Å². The van der Waals surface area contributed by atoms with Crippen LogP contribution in [0.3, 0.4) is 0 Å². The van der Waals surface area contributed by atoms with Crippen LogP contribution < -0.4 is 10.6 Å².